The van der Waals surface area contributed by atoms with Crippen molar-refractivity contribution in [3.63, 3.8) is 0 Å². The van der Waals surface area contributed by atoms with Gasteiger partial charge < -0.3 is 10.2 Å². The molecule has 2 aliphatic heterocycles. The third-order valence-corrected chi connectivity index (χ3v) is 5.92. The van der Waals surface area contributed by atoms with Gasteiger partial charge in [-0.15, -0.1) is 11.3 Å². The Balaban J connectivity index is 1.34. The second-order valence-electron chi connectivity index (χ2n) is 6.63. The van der Waals surface area contributed by atoms with Gasteiger partial charge in [-0.1, -0.05) is 0 Å². The smallest absolute Gasteiger partial charge is 0.228 e. The third-order valence-electron chi connectivity index (χ3n) is 4.98. The molecule has 2 saturated heterocycles. The largest absolute Gasteiger partial charge is 0.341 e. The number of rotatable bonds is 4. The maximum absolute atomic E-state index is 12.6. The Morgan fingerprint density at radius 2 is 2.20 bits per heavy atom. The molecule has 7 heteroatoms. The molecule has 6 nitrogen and oxygen atoms in total. The van der Waals surface area contributed by atoms with Crippen LogP contribution in [0.4, 0.5) is 0 Å². The summed E-state index contributed by atoms with van der Waals surface area (Å²) in [5.74, 6) is 0.195. The Kier molecular flexibility index (Phi) is 5.05. The molecule has 1 amide bonds. The second-order valence-corrected chi connectivity index (χ2v) is 7.49. The van der Waals surface area contributed by atoms with Crippen molar-refractivity contribution in [3.8, 4) is 10.6 Å². The lowest BCUT2D eigenvalue weighted by Gasteiger charge is -2.32. The molecule has 0 saturated carbocycles. The van der Waals surface area contributed by atoms with E-state index in [1.165, 1.54) is 0 Å². The standard InChI is InChI=1S/C18H23N5OS/c24-17(23-7-3-16(12-23)22-8-5-19-6-9-22)10-15-13-25-18(21-15)14-2-1-4-20-11-14/h1-2,4,11,13,16,19H,3,5-10,12H2. The maximum Gasteiger partial charge on any atom is 0.228 e. The van der Waals surface area contributed by atoms with Gasteiger partial charge in [0.05, 0.1) is 12.1 Å². The van der Waals surface area contributed by atoms with E-state index in [1.807, 2.05) is 28.6 Å². The molecule has 2 fully saturated rings. The van der Waals surface area contributed by atoms with Gasteiger partial charge in [-0.3, -0.25) is 14.7 Å². The van der Waals surface area contributed by atoms with E-state index in [0.29, 0.717) is 12.5 Å². The molecular weight excluding hydrogens is 334 g/mol. The van der Waals surface area contributed by atoms with Crippen molar-refractivity contribution >= 4 is 17.2 Å². The molecule has 4 heterocycles. The molecule has 0 spiro atoms. The van der Waals surface area contributed by atoms with Crippen LogP contribution >= 0.6 is 11.3 Å². The predicted octanol–water partition coefficient (Wildman–Crippen LogP) is 1.25. The number of hydrogen-bond acceptors (Lipinski definition) is 6. The van der Waals surface area contributed by atoms with Crippen LogP contribution in [0.5, 0.6) is 0 Å². The number of likely N-dealkylation sites (tertiary alicyclic amines) is 1. The fraction of sp³-hybridized carbons (Fsp3) is 0.500. The zero-order valence-electron chi connectivity index (χ0n) is 14.2. The summed E-state index contributed by atoms with van der Waals surface area (Å²) in [6, 6.07) is 4.42. The minimum atomic E-state index is 0.195. The van der Waals surface area contributed by atoms with Crippen molar-refractivity contribution in [2.24, 2.45) is 0 Å². The van der Waals surface area contributed by atoms with Crippen molar-refractivity contribution in [2.75, 3.05) is 39.3 Å². The first-order chi connectivity index (χ1) is 12.3. The van der Waals surface area contributed by atoms with Gasteiger partial charge in [0.15, 0.2) is 0 Å². The minimum Gasteiger partial charge on any atom is -0.341 e. The monoisotopic (exact) mass is 357 g/mol. The molecule has 1 N–H and O–H groups in total. The lowest BCUT2D eigenvalue weighted by atomic mass is 10.2. The lowest BCUT2D eigenvalue weighted by Crippen LogP contribution is -2.49. The molecule has 0 bridgehead atoms. The van der Waals surface area contributed by atoms with Crippen LogP contribution in [-0.4, -0.2) is 71.0 Å². The Labute approximate surface area is 151 Å². The van der Waals surface area contributed by atoms with Crippen LogP contribution in [0.1, 0.15) is 12.1 Å². The van der Waals surface area contributed by atoms with Crippen LogP contribution in [0.3, 0.4) is 0 Å². The number of aromatic nitrogens is 2. The molecule has 2 aromatic heterocycles. The van der Waals surface area contributed by atoms with E-state index < -0.39 is 0 Å². The summed E-state index contributed by atoms with van der Waals surface area (Å²) >= 11 is 1.57. The van der Waals surface area contributed by atoms with E-state index in [0.717, 1.165) is 62.0 Å². The van der Waals surface area contributed by atoms with E-state index >= 15 is 0 Å². The molecule has 132 valence electrons. The number of nitrogens with zero attached hydrogens (tertiary/aromatic N) is 4. The number of pyridine rings is 1. The predicted molar refractivity (Wildman–Crippen MR) is 98.5 cm³/mol. The average Bonchev–Trinajstić information content (AvgIpc) is 3.33. The molecule has 25 heavy (non-hydrogen) atoms. The molecule has 0 radical (unpaired) electrons. The summed E-state index contributed by atoms with van der Waals surface area (Å²) in [4.78, 5) is 25.9. The SMILES string of the molecule is O=C(Cc1csc(-c2cccnc2)n1)N1CCC(N2CCNCC2)C1. The molecule has 2 aliphatic rings. The van der Waals surface area contributed by atoms with Crippen molar-refractivity contribution in [1.29, 1.82) is 0 Å². The maximum atomic E-state index is 12.6. The van der Waals surface area contributed by atoms with E-state index in [-0.39, 0.29) is 5.91 Å². The molecule has 4 rings (SSSR count). The van der Waals surface area contributed by atoms with E-state index in [2.05, 4.69) is 20.2 Å². The van der Waals surface area contributed by atoms with Crippen molar-refractivity contribution in [3.05, 3.63) is 35.6 Å². The normalized spacial score (nSPS) is 21.6. The number of hydrogen-bond donors (Lipinski definition) is 1. The molecule has 0 aromatic carbocycles. The van der Waals surface area contributed by atoms with Gasteiger partial charge in [0.25, 0.3) is 0 Å². The van der Waals surface area contributed by atoms with Crippen molar-refractivity contribution < 1.29 is 4.79 Å². The zero-order chi connectivity index (χ0) is 17.1. The summed E-state index contributed by atoms with van der Waals surface area (Å²) in [7, 11) is 0. The summed E-state index contributed by atoms with van der Waals surface area (Å²) in [5, 5.41) is 6.30. The summed E-state index contributed by atoms with van der Waals surface area (Å²) < 4.78 is 0. The van der Waals surface area contributed by atoms with Gasteiger partial charge in [-0.05, 0) is 18.6 Å². The zero-order valence-corrected chi connectivity index (χ0v) is 15.0. The number of carbonyl (C=O) groups excluding carboxylic acids is 1. The van der Waals surface area contributed by atoms with E-state index in [1.54, 1.807) is 17.5 Å². The molecule has 0 aliphatic carbocycles. The number of thiazole rings is 1. The highest BCUT2D eigenvalue weighted by Crippen LogP contribution is 2.23. The first-order valence-electron chi connectivity index (χ1n) is 8.87. The van der Waals surface area contributed by atoms with Gasteiger partial charge in [0, 0.05) is 68.6 Å². The van der Waals surface area contributed by atoms with Crippen LogP contribution < -0.4 is 5.32 Å². The summed E-state index contributed by atoms with van der Waals surface area (Å²) in [5.41, 5.74) is 1.87. The third kappa shape index (κ3) is 3.89. The van der Waals surface area contributed by atoms with Gasteiger partial charge >= 0.3 is 0 Å². The Hall–Kier alpha value is -1.83. The molecular formula is C18H23N5OS. The van der Waals surface area contributed by atoms with Crippen LogP contribution in [0, 0.1) is 0 Å². The number of carbonyl (C=O) groups is 1. The Morgan fingerprint density at radius 3 is 3.00 bits per heavy atom. The van der Waals surface area contributed by atoms with Crippen LogP contribution in [0.2, 0.25) is 0 Å². The van der Waals surface area contributed by atoms with Crippen LogP contribution in [0.25, 0.3) is 10.6 Å². The highest BCUT2D eigenvalue weighted by molar-refractivity contribution is 7.13. The number of nitrogens with one attached hydrogen (secondary N) is 1. The summed E-state index contributed by atoms with van der Waals surface area (Å²) in [6.45, 7) is 6.02. The number of piperazine rings is 1. The minimum absolute atomic E-state index is 0.195. The first kappa shape index (κ1) is 16.6. The van der Waals surface area contributed by atoms with Crippen molar-refractivity contribution in [1.82, 2.24) is 25.1 Å². The topological polar surface area (TPSA) is 61.4 Å². The van der Waals surface area contributed by atoms with Gasteiger partial charge in [0.1, 0.15) is 5.01 Å². The lowest BCUT2D eigenvalue weighted by molar-refractivity contribution is -0.129. The van der Waals surface area contributed by atoms with Gasteiger partial charge in [0.2, 0.25) is 5.91 Å². The summed E-state index contributed by atoms with van der Waals surface area (Å²) in [6.07, 6.45) is 5.04. The molecule has 1 atom stereocenters. The van der Waals surface area contributed by atoms with Gasteiger partial charge in [-0.2, -0.15) is 0 Å². The average molecular weight is 357 g/mol. The van der Waals surface area contributed by atoms with E-state index in [9.17, 15) is 4.79 Å². The highest BCUT2D eigenvalue weighted by atomic mass is 32.1. The highest BCUT2D eigenvalue weighted by Gasteiger charge is 2.31. The van der Waals surface area contributed by atoms with Crippen LogP contribution in [-0.2, 0) is 11.2 Å². The Morgan fingerprint density at radius 1 is 1.32 bits per heavy atom. The number of amides is 1. The fourth-order valence-electron chi connectivity index (χ4n) is 3.59. The van der Waals surface area contributed by atoms with Gasteiger partial charge in [-0.25, -0.2) is 4.98 Å². The van der Waals surface area contributed by atoms with Crippen LogP contribution in [0.15, 0.2) is 29.9 Å². The fourth-order valence-corrected chi connectivity index (χ4v) is 4.40. The Bertz CT molecular complexity index is 713. The van der Waals surface area contributed by atoms with Crippen molar-refractivity contribution in [2.45, 2.75) is 18.9 Å². The first-order valence-corrected chi connectivity index (χ1v) is 9.75. The quantitative estimate of drug-likeness (QED) is 0.892. The second kappa shape index (κ2) is 7.59. The molecule has 2 aromatic rings. The van der Waals surface area contributed by atoms with E-state index in [4.69, 9.17) is 0 Å². The molecule has 1 unspecified atom stereocenters.